The van der Waals surface area contributed by atoms with E-state index in [1.165, 1.54) is 4.68 Å². The van der Waals surface area contributed by atoms with Crippen molar-refractivity contribution in [1.82, 2.24) is 9.78 Å². The Hall–Kier alpha value is -1.21. The number of nitrogens with zero attached hydrogens (tertiary/aromatic N) is 3. The van der Waals surface area contributed by atoms with Crippen LogP contribution in [0.3, 0.4) is 0 Å². The Morgan fingerprint density at radius 3 is 2.50 bits per heavy atom. The number of hydrogen-bond donors (Lipinski definition) is 0. The summed E-state index contributed by atoms with van der Waals surface area (Å²) in [5, 5.41) is 14.5. The van der Waals surface area contributed by atoms with Crippen molar-refractivity contribution in [3.63, 3.8) is 0 Å². The first-order chi connectivity index (χ1) is 8.58. The molecule has 0 spiro atoms. The molecule has 2 aromatic rings. The van der Waals surface area contributed by atoms with Gasteiger partial charge in [-0.15, -0.1) is 0 Å². The molecule has 1 aromatic heterocycles. The maximum atomic E-state index is 9.05. The topological polar surface area (TPSA) is 41.6 Å². The Morgan fingerprint density at radius 1 is 1.28 bits per heavy atom. The van der Waals surface area contributed by atoms with Gasteiger partial charge in [-0.1, -0.05) is 41.7 Å². The molecule has 0 bridgehead atoms. The first-order valence-electron chi connectivity index (χ1n) is 5.21. The second-order valence-electron chi connectivity index (χ2n) is 3.59. The van der Waals surface area contributed by atoms with E-state index in [1.807, 2.05) is 6.92 Å². The van der Waals surface area contributed by atoms with Gasteiger partial charge in [-0.05, 0) is 24.6 Å². The van der Waals surface area contributed by atoms with Crippen LogP contribution in [0.25, 0.3) is 5.69 Å². The van der Waals surface area contributed by atoms with Gasteiger partial charge in [-0.3, -0.25) is 0 Å². The summed E-state index contributed by atoms with van der Waals surface area (Å²) < 4.78 is 1.49. The zero-order chi connectivity index (χ0) is 13.3. The van der Waals surface area contributed by atoms with Crippen LogP contribution in [0, 0.1) is 11.3 Å². The number of nitriles is 1. The molecule has 0 unspecified atom stereocenters. The number of aryl methyl sites for hydroxylation is 1. The van der Waals surface area contributed by atoms with Gasteiger partial charge in [-0.25, -0.2) is 4.68 Å². The van der Waals surface area contributed by atoms with Crippen molar-refractivity contribution in [1.29, 1.82) is 5.26 Å². The lowest BCUT2D eigenvalue weighted by Crippen LogP contribution is -1.97. The molecule has 2 rings (SSSR count). The number of hydrogen-bond acceptors (Lipinski definition) is 2. The Labute approximate surface area is 119 Å². The fraction of sp³-hybridized carbons (Fsp3) is 0.167. The average molecular weight is 301 g/mol. The number of halogens is 3. The van der Waals surface area contributed by atoms with Crippen LogP contribution in [0.15, 0.2) is 18.2 Å². The molecule has 6 heteroatoms. The van der Waals surface area contributed by atoms with Crippen LogP contribution < -0.4 is 0 Å². The molecule has 1 aromatic carbocycles. The van der Waals surface area contributed by atoms with E-state index in [0.29, 0.717) is 33.4 Å². The predicted molar refractivity (Wildman–Crippen MR) is 72.7 cm³/mol. The van der Waals surface area contributed by atoms with Gasteiger partial charge in [0.05, 0.1) is 21.4 Å². The van der Waals surface area contributed by atoms with Crippen molar-refractivity contribution in [2.45, 2.75) is 13.3 Å². The molecule has 0 radical (unpaired) electrons. The van der Waals surface area contributed by atoms with Gasteiger partial charge in [0.1, 0.15) is 11.6 Å². The predicted octanol–water partition coefficient (Wildman–Crippen LogP) is 4.27. The third-order valence-electron chi connectivity index (χ3n) is 2.50. The lowest BCUT2D eigenvalue weighted by molar-refractivity contribution is 0.842. The second kappa shape index (κ2) is 5.19. The third-order valence-corrected chi connectivity index (χ3v) is 3.58. The van der Waals surface area contributed by atoms with E-state index in [4.69, 9.17) is 40.1 Å². The highest BCUT2D eigenvalue weighted by atomic mass is 35.5. The van der Waals surface area contributed by atoms with Crippen molar-refractivity contribution in [3.8, 4) is 11.8 Å². The van der Waals surface area contributed by atoms with Crippen molar-refractivity contribution >= 4 is 34.8 Å². The number of benzene rings is 1. The monoisotopic (exact) mass is 299 g/mol. The van der Waals surface area contributed by atoms with Crippen LogP contribution in [-0.2, 0) is 6.42 Å². The van der Waals surface area contributed by atoms with E-state index >= 15 is 0 Å². The quantitative estimate of drug-likeness (QED) is 0.831. The Bertz CT molecular complexity index is 641. The molecule has 0 aliphatic rings. The molecule has 0 aliphatic heterocycles. The SMILES string of the molecule is CCc1nn(-c2ccc(Cl)c(Cl)c2)c(Cl)c1C#N. The van der Waals surface area contributed by atoms with Crippen LogP contribution in [-0.4, -0.2) is 9.78 Å². The molecule has 18 heavy (non-hydrogen) atoms. The number of aromatic nitrogens is 2. The molecule has 92 valence electrons. The van der Waals surface area contributed by atoms with Crippen molar-refractivity contribution < 1.29 is 0 Å². The average Bonchev–Trinajstić information content (AvgIpc) is 2.69. The first kappa shape index (κ1) is 13.2. The summed E-state index contributed by atoms with van der Waals surface area (Å²) in [4.78, 5) is 0. The minimum atomic E-state index is 0.285. The second-order valence-corrected chi connectivity index (χ2v) is 4.76. The molecule has 0 fully saturated rings. The molecule has 0 saturated heterocycles. The summed E-state index contributed by atoms with van der Waals surface area (Å²) in [5.74, 6) is 0. The third kappa shape index (κ3) is 2.20. The Balaban J connectivity index is 2.61. The largest absolute Gasteiger partial charge is 0.220 e. The summed E-state index contributed by atoms with van der Waals surface area (Å²) in [6.45, 7) is 1.92. The molecule has 0 N–H and O–H groups in total. The lowest BCUT2D eigenvalue weighted by atomic mass is 10.2. The summed E-state index contributed by atoms with van der Waals surface area (Å²) in [6, 6.07) is 7.12. The Kier molecular flexibility index (Phi) is 3.82. The maximum Gasteiger partial charge on any atom is 0.150 e. The summed E-state index contributed by atoms with van der Waals surface area (Å²) in [5.41, 5.74) is 1.73. The molecule has 0 aliphatic carbocycles. The van der Waals surface area contributed by atoms with Gasteiger partial charge in [0, 0.05) is 0 Å². The molecule has 0 saturated carbocycles. The lowest BCUT2D eigenvalue weighted by Gasteiger charge is -2.04. The molecule has 1 heterocycles. The van der Waals surface area contributed by atoms with Crippen molar-refractivity contribution in [2.24, 2.45) is 0 Å². The standard InChI is InChI=1S/C12H8Cl3N3/c1-2-11-8(6-16)12(15)18(17-11)7-3-4-9(13)10(14)5-7/h3-5H,2H2,1H3. The molecular formula is C12H8Cl3N3. The van der Waals surface area contributed by atoms with E-state index in [9.17, 15) is 0 Å². The highest BCUT2D eigenvalue weighted by Gasteiger charge is 2.16. The number of rotatable bonds is 2. The van der Waals surface area contributed by atoms with Crippen LogP contribution in [0.4, 0.5) is 0 Å². The van der Waals surface area contributed by atoms with Gasteiger partial charge in [0.2, 0.25) is 0 Å². The highest BCUT2D eigenvalue weighted by Crippen LogP contribution is 2.28. The van der Waals surface area contributed by atoms with Gasteiger partial charge in [0.15, 0.2) is 5.15 Å². The van der Waals surface area contributed by atoms with E-state index < -0.39 is 0 Å². The minimum absolute atomic E-state index is 0.285. The van der Waals surface area contributed by atoms with Crippen LogP contribution >= 0.6 is 34.8 Å². The van der Waals surface area contributed by atoms with Crippen molar-refractivity contribution in [3.05, 3.63) is 44.7 Å². The fourth-order valence-electron chi connectivity index (χ4n) is 1.59. The first-order valence-corrected chi connectivity index (χ1v) is 6.34. The maximum absolute atomic E-state index is 9.05. The highest BCUT2D eigenvalue weighted by molar-refractivity contribution is 6.42. The normalized spacial score (nSPS) is 10.4. The Morgan fingerprint density at radius 2 is 2.00 bits per heavy atom. The smallest absolute Gasteiger partial charge is 0.150 e. The minimum Gasteiger partial charge on any atom is -0.220 e. The van der Waals surface area contributed by atoms with Crippen LogP contribution in [0.1, 0.15) is 18.2 Å². The van der Waals surface area contributed by atoms with Gasteiger partial charge in [0.25, 0.3) is 0 Å². The molecule has 3 nitrogen and oxygen atoms in total. The van der Waals surface area contributed by atoms with Gasteiger partial charge in [-0.2, -0.15) is 10.4 Å². The molecular weight excluding hydrogens is 293 g/mol. The van der Waals surface area contributed by atoms with E-state index in [-0.39, 0.29) is 5.15 Å². The zero-order valence-corrected chi connectivity index (χ0v) is 11.7. The summed E-state index contributed by atoms with van der Waals surface area (Å²) in [6.07, 6.45) is 0.636. The molecule has 0 amide bonds. The van der Waals surface area contributed by atoms with E-state index in [2.05, 4.69) is 11.2 Å². The fourth-order valence-corrected chi connectivity index (χ4v) is 2.16. The van der Waals surface area contributed by atoms with Crippen LogP contribution in [0.5, 0.6) is 0 Å². The summed E-state index contributed by atoms with van der Waals surface area (Å²) in [7, 11) is 0. The van der Waals surface area contributed by atoms with Gasteiger partial charge >= 0.3 is 0 Å². The van der Waals surface area contributed by atoms with Crippen molar-refractivity contribution in [2.75, 3.05) is 0 Å². The summed E-state index contributed by atoms with van der Waals surface area (Å²) >= 11 is 17.9. The van der Waals surface area contributed by atoms with E-state index in [0.717, 1.165) is 0 Å². The van der Waals surface area contributed by atoms with Gasteiger partial charge < -0.3 is 0 Å². The zero-order valence-electron chi connectivity index (χ0n) is 9.41. The molecule has 0 atom stereocenters. The van der Waals surface area contributed by atoms with E-state index in [1.54, 1.807) is 18.2 Å². The van der Waals surface area contributed by atoms with Crippen LogP contribution in [0.2, 0.25) is 15.2 Å².